The Bertz CT molecular complexity index is 466. The maximum Gasteiger partial charge on any atom is 0.333 e. The van der Waals surface area contributed by atoms with Crippen LogP contribution in [0.15, 0.2) is 30.0 Å². The minimum atomic E-state index is -0.524. The molecule has 0 spiro atoms. The molecule has 0 saturated heterocycles. The zero-order chi connectivity index (χ0) is 12.8. The number of benzene rings is 1. The van der Waals surface area contributed by atoms with Crippen molar-refractivity contribution in [3.63, 3.8) is 0 Å². The molecule has 1 rings (SSSR count). The third kappa shape index (κ3) is 3.92. The fourth-order valence-corrected chi connectivity index (χ4v) is 1.31. The molecule has 17 heavy (non-hydrogen) atoms. The summed E-state index contributed by atoms with van der Waals surface area (Å²) in [5.74, 6) is 0.133. The van der Waals surface area contributed by atoms with Gasteiger partial charge in [0.15, 0.2) is 6.29 Å². The van der Waals surface area contributed by atoms with Crippen molar-refractivity contribution in [1.82, 2.24) is 0 Å². The van der Waals surface area contributed by atoms with Gasteiger partial charge in [-0.2, -0.15) is 0 Å². The van der Waals surface area contributed by atoms with Crippen molar-refractivity contribution in [2.24, 2.45) is 0 Å². The number of allylic oxidation sites excluding steroid dienone is 1. The van der Waals surface area contributed by atoms with Crippen LogP contribution in [0.4, 0.5) is 0 Å². The highest BCUT2D eigenvalue weighted by atomic mass is 35.5. The van der Waals surface area contributed by atoms with Gasteiger partial charge in [0, 0.05) is 5.02 Å². The van der Waals surface area contributed by atoms with E-state index in [0.29, 0.717) is 28.4 Å². The Morgan fingerprint density at radius 2 is 2.12 bits per heavy atom. The summed E-state index contributed by atoms with van der Waals surface area (Å²) in [5.41, 5.74) is 0.315. The summed E-state index contributed by atoms with van der Waals surface area (Å²) in [6.07, 6.45) is 1.82. The van der Waals surface area contributed by atoms with Crippen molar-refractivity contribution in [2.45, 2.75) is 6.92 Å². The lowest BCUT2D eigenvalue weighted by Crippen LogP contribution is -2.01. The lowest BCUT2D eigenvalue weighted by atomic mass is 10.2. The first-order valence-electron chi connectivity index (χ1n) is 4.75. The van der Waals surface area contributed by atoms with Crippen molar-refractivity contribution >= 4 is 23.9 Å². The molecule has 0 aliphatic carbocycles. The maximum absolute atomic E-state index is 11.0. The second-order valence-corrected chi connectivity index (χ2v) is 3.62. The number of carbonyl (C=O) groups excluding carboxylic acids is 2. The van der Waals surface area contributed by atoms with Gasteiger partial charge in [-0.05, 0) is 25.1 Å². The Morgan fingerprint density at radius 1 is 1.41 bits per heavy atom. The SMILES string of the molecule is COC(=O)/C=C(/C)Oc1ccc(Cl)cc1C=O. The molecule has 0 aliphatic rings. The average Bonchev–Trinajstić information content (AvgIpc) is 2.31. The van der Waals surface area contributed by atoms with Crippen LogP contribution >= 0.6 is 11.6 Å². The van der Waals surface area contributed by atoms with Crippen LogP contribution in [0.2, 0.25) is 5.02 Å². The Kier molecular flexibility index (Phi) is 4.72. The molecule has 1 aromatic rings. The smallest absolute Gasteiger partial charge is 0.333 e. The maximum atomic E-state index is 11.0. The molecule has 0 atom stereocenters. The summed E-state index contributed by atoms with van der Waals surface area (Å²) in [5, 5.41) is 0.439. The second kappa shape index (κ2) is 6.06. The van der Waals surface area contributed by atoms with Gasteiger partial charge in [-0.1, -0.05) is 11.6 Å². The van der Waals surface area contributed by atoms with Crippen molar-refractivity contribution in [3.05, 3.63) is 40.6 Å². The van der Waals surface area contributed by atoms with Gasteiger partial charge in [-0.3, -0.25) is 4.79 Å². The molecule has 4 nitrogen and oxygen atoms in total. The zero-order valence-electron chi connectivity index (χ0n) is 9.40. The summed E-state index contributed by atoms with van der Waals surface area (Å²) in [7, 11) is 1.27. The Hall–Kier alpha value is -1.81. The number of hydrogen-bond donors (Lipinski definition) is 0. The summed E-state index contributed by atoms with van der Waals surface area (Å²) >= 11 is 5.74. The molecule has 1 aromatic carbocycles. The average molecular weight is 255 g/mol. The predicted octanol–water partition coefficient (Wildman–Crippen LogP) is 2.61. The highest BCUT2D eigenvalue weighted by molar-refractivity contribution is 6.30. The quantitative estimate of drug-likeness (QED) is 0.359. The number of rotatable bonds is 4. The number of halogens is 1. The molecule has 5 heteroatoms. The number of aldehydes is 1. The number of methoxy groups -OCH3 is 1. The van der Waals surface area contributed by atoms with Gasteiger partial charge in [-0.25, -0.2) is 4.79 Å². The van der Waals surface area contributed by atoms with Crippen LogP contribution in [-0.2, 0) is 9.53 Å². The number of ether oxygens (including phenoxy) is 2. The Labute approximate surface area is 104 Å². The van der Waals surface area contributed by atoms with Crippen molar-refractivity contribution in [1.29, 1.82) is 0 Å². The minimum Gasteiger partial charge on any atom is -0.466 e. The van der Waals surface area contributed by atoms with E-state index in [1.165, 1.54) is 19.3 Å². The number of hydrogen-bond acceptors (Lipinski definition) is 4. The molecule has 0 aromatic heterocycles. The molecule has 90 valence electrons. The first kappa shape index (κ1) is 13.3. The summed E-state index contributed by atoms with van der Waals surface area (Å²) in [6.45, 7) is 1.58. The molecule has 0 fully saturated rings. The van der Waals surface area contributed by atoms with Crippen molar-refractivity contribution < 1.29 is 19.1 Å². The van der Waals surface area contributed by atoms with Crippen LogP contribution in [-0.4, -0.2) is 19.4 Å². The van der Waals surface area contributed by atoms with Gasteiger partial charge >= 0.3 is 5.97 Å². The number of esters is 1. The molecule has 0 unspecified atom stereocenters. The van der Waals surface area contributed by atoms with Crippen LogP contribution in [0.3, 0.4) is 0 Å². The van der Waals surface area contributed by atoms with E-state index < -0.39 is 5.97 Å². The molecule has 0 amide bonds. The lowest BCUT2D eigenvalue weighted by Gasteiger charge is -2.08. The predicted molar refractivity (Wildman–Crippen MR) is 63.2 cm³/mol. The molecule has 0 N–H and O–H groups in total. The second-order valence-electron chi connectivity index (χ2n) is 3.18. The fourth-order valence-electron chi connectivity index (χ4n) is 1.13. The molecule has 0 radical (unpaired) electrons. The molecule has 0 bridgehead atoms. The topological polar surface area (TPSA) is 52.6 Å². The largest absolute Gasteiger partial charge is 0.466 e. The highest BCUT2D eigenvalue weighted by Crippen LogP contribution is 2.23. The fraction of sp³-hybridized carbons (Fsp3) is 0.167. The molecule has 0 aliphatic heterocycles. The minimum absolute atomic E-state index is 0.315. The molecule has 0 saturated carbocycles. The molecule has 0 heterocycles. The van der Waals surface area contributed by atoms with Gasteiger partial charge in [0.05, 0.1) is 18.7 Å². The van der Waals surface area contributed by atoms with Gasteiger partial charge in [0.2, 0.25) is 0 Å². The van der Waals surface area contributed by atoms with Crippen LogP contribution < -0.4 is 4.74 Å². The van der Waals surface area contributed by atoms with E-state index in [9.17, 15) is 9.59 Å². The van der Waals surface area contributed by atoms with Gasteiger partial charge in [-0.15, -0.1) is 0 Å². The van der Waals surface area contributed by atoms with Crippen LogP contribution in [0, 0.1) is 0 Å². The number of carbonyl (C=O) groups is 2. The summed E-state index contributed by atoms with van der Waals surface area (Å²) in [6, 6.07) is 4.63. The summed E-state index contributed by atoms with van der Waals surface area (Å²) < 4.78 is 9.78. The van der Waals surface area contributed by atoms with Crippen LogP contribution in [0.5, 0.6) is 5.75 Å². The third-order valence-electron chi connectivity index (χ3n) is 1.89. The van der Waals surface area contributed by atoms with E-state index in [-0.39, 0.29) is 0 Å². The van der Waals surface area contributed by atoms with Crippen molar-refractivity contribution in [2.75, 3.05) is 7.11 Å². The standard InChI is InChI=1S/C12H11ClO4/c1-8(5-12(15)16-2)17-11-4-3-10(13)6-9(11)7-14/h3-7H,1-2H3/b8-5-. The van der Waals surface area contributed by atoms with Crippen LogP contribution in [0.1, 0.15) is 17.3 Å². The van der Waals surface area contributed by atoms with E-state index in [4.69, 9.17) is 16.3 Å². The van der Waals surface area contributed by atoms with E-state index in [2.05, 4.69) is 4.74 Å². The van der Waals surface area contributed by atoms with E-state index in [0.717, 1.165) is 0 Å². The van der Waals surface area contributed by atoms with E-state index in [1.807, 2.05) is 0 Å². The van der Waals surface area contributed by atoms with E-state index in [1.54, 1.807) is 19.1 Å². The first-order valence-corrected chi connectivity index (χ1v) is 5.13. The van der Waals surface area contributed by atoms with Gasteiger partial charge in [0.25, 0.3) is 0 Å². The van der Waals surface area contributed by atoms with Crippen LogP contribution in [0.25, 0.3) is 0 Å². The summed E-state index contributed by atoms with van der Waals surface area (Å²) in [4.78, 5) is 21.7. The Balaban J connectivity index is 2.91. The van der Waals surface area contributed by atoms with Crippen molar-refractivity contribution in [3.8, 4) is 5.75 Å². The molecular weight excluding hydrogens is 244 g/mol. The lowest BCUT2D eigenvalue weighted by molar-refractivity contribution is -0.135. The zero-order valence-corrected chi connectivity index (χ0v) is 10.2. The highest BCUT2D eigenvalue weighted by Gasteiger charge is 2.06. The third-order valence-corrected chi connectivity index (χ3v) is 2.13. The monoisotopic (exact) mass is 254 g/mol. The van der Waals surface area contributed by atoms with E-state index >= 15 is 0 Å². The Morgan fingerprint density at radius 3 is 2.71 bits per heavy atom. The first-order chi connectivity index (χ1) is 8.06. The van der Waals surface area contributed by atoms with Gasteiger partial charge < -0.3 is 9.47 Å². The normalized spacial score (nSPS) is 10.9. The van der Waals surface area contributed by atoms with Gasteiger partial charge in [0.1, 0.15) is 11.5 Å². The molecular formula is C12H11ClO4.